The molecule has 0 unspecified atom stereocenters. The van der Waals surface area contributed by atoms with Crippen molar-refractivity contribution in [1.82, 2.24) is 0 Å². The van der Waals surface area contributed by atoms with Crippen LogP contribution in [-0.4, -0.2) is 0 Å². The van der Waals surface area contributed by atoms with Gasteiger partial charge in [-0.25, -0.2) is 0 Å². The van der Waals surface area contributed by atoms with E-state index in [-0.39, 0.29) is 0 Å². The van der Waals surface area contributed by atoms with Crippen molar-refractivity contribution < 1.29 is 0 Å². The zero-order valence-corrected chi connectivity index (χ0v) is 26.6. The van der Waals surface area contributed by atoms with Gasteiger partial charge in [-0.05, 0) is 17.8 Å². The molecule has 0 radical (unpaired) electrons. The average molecular weight is 461 g/mol. The highest BCUT2D eigenvalue weighted by Gasteiger charge is 1.88. The van der Waals surface area contributed by atoms with Crippen LogP contribution in [0.15, 0.2) is 0 Å². The first-order chi connectivity index (χ1) is 15.1. The van der Waals surface area contributed by atoms with Crippen molar-refractivity contribution in [1.29, 1.82) is 0 Å². The van der Waals surface area contributed by atoms with Crippen LogP contribution >= 0.6 is 0 Å². The van der Waals surface area contributed by atoms with E-state index in [1.165, 1.54) is 89.9 Å². The van der Waals surface area contributed by atoms with Crippen molar-refractivity contribution in [3.63, 3.8) is 0 Å². The topological polar surface area (TPSA) is 0 Å². The fraction of sp³-hybridized carbons (Fsp3) is 1.00. The highest BCUT2D eigenvalue weighted by molar-refractivity contribution is 4.41. The summed E-state index contributed by atoms with van der Waals surface area (Å²) >= 11 is 0. The Morgan fingerprint density at radius 3 is 0.688 bits per heavy atom. The molecule has 0 bridgehead atoms. The van der Waals surface area contributed by atoms with Crippen molar-refractivity contribution in [2.45, 2.75) is 194 Å². The van der Waals surface area contributed by atoms with Crippen LogP contribution in [0, 0.1) is 17.8 Å². The number of hydrogen-bond donors (Lipinski definition) is 0. The fourth-order valence-electron chi connectivity index (χ4n) is 1.72. The standard InChI is InChI=1S/3C6H14.2C5H12.C4H10/c1-4-5-6(2)3;1-4-6(3)5-2;1-3-5-6-4-2;1-4-5(2)3;1-3-5-4-2;1-3-4-2/h2*6H,4-5H2,1-3H3;3-6H2,1-2H3;5H,4H2,1-3H3;3-5H2,1-2H3;3-4H2,1-2H3. The Morgan fingerprint density at radius 2 is 0.656 bits per heavy atom. The van der Waals surface area contributed by atoms with Crippen molar-refractivity contribution in [3.8, 4) is 0 Å². The van der Waals surface area contributed by atoms with Crippen LogP contribution in [0.5, 0.6) is 0 Å². The highest BCUT2D eigenvalue weighted by Crippen LogP contribution is 2.03. The predicted octanol–water partition coefficient (Wildman–Crippen LogP) is 13.5. The molecular weight excluding hydrogens is 384 g/mol. The summed E-state index contributed by atoms with van der Waals surface area (Å²) in [6, 6.07) is 0. The summed E-state index contributed by atoms with van der Waals surface area (Å²) in [6.45, 7) is 33.4. The van der Waals surface area contributed by atoms with Crippen molar-refractivity contribution in [2.75, 3.05) is 0 Å². The average Bonchev–Trinajstić information content (AvgIpc) is 2.79. The maximum absolute atomic E-state index is 2.28. The Morgan fingerprint density at radius 1 is 0.344 bits per heavy atom. The second kappa shape index (κ2) is 52.7. The molecule has 0 aliphatic heterocycles. The molecule has 0 saturated heterocycles. The van der Waals surface area contributed by atoms with E-state index in [1.807, 2.05) is 0 Å². The van der Waals surface area contributed by atoms with Gasteiger partial charge in [0.15, 0.2) is 0 Å². The van der Waals surface area contributed by atoms with E-state index in [0.717, 1.165) is 17.8 Å². The first-order valence-electron chi connectivity index (χ1n) is 15.1. The van der Waals surface area contributed by atoms with Crippen LogP contribution in [0.4, 0.5) is 0 Å². The molecule has 0 amide bonds. The summed E-state index contributed by atoms with van der Waals surface area (Å²) in [5, 5.41) is 0. The normalized spacial score (nSPS) is 9.19. The van der Waals surface area contributed by atoms with E-state index in [1.54, 1.807) is 0 Å². The minimum atomic E-state index is 0.884. The zero-order valence-electron chi connectivity index (χ0n) is 26.6. The summed E-state index contributed by atoms with van der Waals surface area (Å²) in [4.78, 5) is 0. The lowest BCUT2D eigenvalue weighted by atomic mass is 10.1. The van der Waals surface area contributed by atoms with Gasteiger partial charge in [0.05, 0.1) is 0 Å². The van der Waals surface area contributed by atoms with Crippen molar-refractivity contribution in [3.05, 3.63) is 0 Å². The van der Waals surface area contributed by atoms with Gasteiger partial charge in [-0.1, -0.05) is 194 Å². The van der Waals surface area contributed by atoms with Gasteiger partial charge in [0.25, 0.3) is 0 Å². The molecule has 0 nitrogen and oxygen atoms in total. The maximum atomic E-state index is 2.28. The summed E-state index contributed by atoms with van der Waals surface area (Å²) < 4.78 is 0. The van der Waals surface area contributed by atoms with Gasteiger partial charge in [0.1, 0.15) is 0 Å². The van der Waals surface area contributed by atoms with Gasteiger partial charge in [0.2, 0.25) is 0 Å². The van der Waals surface area contributed by atoms with Gasteiger partial charge >= 0.3 is 0 Å². The predicted molar refractivity (Wildman–Crippen MR) is 160 cm³/mol. The molecule has 32 heavy (non-hydrogen) atoms. The SMILES string of the molecule is CCC(C)C.CCC(C)CC.CCCC.CCCC(C)C.CCCCC.CCCCCC. The van der Waals surface area contributed by atoms with E-state index < -0.39 is 0 Å². The molecule has 0 fully saturated rings. The van der Waals surface area contributed by atoms with Gasteiger partial charge in [0, 0.05) is 0 Å². The number of hydrogen-bond acceptors (Lipinski definition) is 0. The molecule has 0 aromatic carbocycles. The Labute approximate surface area is 211 Å². The monoisotopic (exact) mass is 461 g/mol. The number of rotatable bonds is 11. The highest BCUT2D eigenvalue weighted by atomic mass is 13.9. The van der Waals surface area contributed by atoms with E-state index >= 15 is 0 Å². The first kappa shape index (κ1) is 45.5. The quantitative estimate of drug-likeness (QED) is 0.269. The summed E-state index contributed by atoms with van der Waals surface area (Å²) in [5.74, 6) is 2.72. The molecule has 0 aliphatic rings. The van der Waals surface area contributed by atoms with Crippen LogP contribution in [0.25, 0.3) is 0 Å². The summed E-state index contributed by atoms with van der Waals surface area (Å²) in [7, 11) is 0. The molecule has 0 N–H and O–H groups in total. The minimum Gasteiger partial charge on any atom is -0.0654 e. The van der Waals surface area contributed by atoms with E-state index in [9.17, 15) is 0 Å². The van der Waals surface area contributed by atoms with Gasteiger partial charge in [-0.3, -0.25) is 0 Å². The largest absolute Gasteiger partial charge is 0.0654 e. The smallest absolute Gasteiger partial charge is 0.0448 e. The third-order valence-electron chi connectivity index (χ3n) is 5.24. The van der Waals surface area contributed by atoms with E-state index in [2.05, 4.69) is 104 Å². The third-order valence-corrected chi connectivity index (χ3v) is 5.24. The Bertz CT molecular complexity index is 192. The van der Waals surface area contributed by atoms with Crippen molar-refractivity contribution in [2.24, 2.45) is 17.8 Å². The first-order valence-corrected chi connectivity index (χ1v) is 15.1. The van der Waals surface area contributed by atoms with E-state index in [0.29, 0.717) is 0 Å². The Kier molecular flexibility index (Phi) is 75.0. The molecule has 0 heterocycles. The van der Waals surface area contributed by atoms with Gasteiger partial charge < -0.3 is 0 Å². The molecule has 0 heteroatoms. The fourth-order valence-corrected chi connectivity index (χ4v) is 1.72. The molecule has 0 atom stereocenters. The van der Waals surface area contributed by atoms with Crippen LogP contribution in [0.1, 0.15) is 194 Å². The van der Waals surface area contributed by atoms with Gasteiger partial charge in [-0.2, -0.15) is 0 Å². The molecule has 0 aromatic rings. The number of unbranched alkanes of at least 4 members (excludes halogenated alkanes) is 6. The molecular formula is C32H76. The summed E-state index contributed by atoms with van der Waals surface area (Å²) in [6.07, 6.45) is 18.9. The van der Waals surface area contributed by atoms with Crippen LogP contribution in [0.2, 0.25) is 0 Å². The van der Waals surface area contributed by atoms with E-state index in [4.69, 9.17) is 0 Å². The molecule has 0 saturated carbocycles. The maximum Gasteiger partial charge on any atom is -0.0448 e. The Hall–Kier alpha value is 0. The lowest BCUT2D eigenvalue weighted by molar-refractivity contribution is 0.544. The second-order valence-corrected chi connectivity index (χ2v) is 9.97. The zero-order chi connectivity index (χ0) is 26.6. The Balaban J connectivity index is -0.0000000637. The molecule has 0 aromatic heterocycles. The second-order valence-electron chi connectivity index (χ2n) is 9.97. The van der Waals surface area contributed by atoms with Crippen molar-refractivity contribution >= 4 is 0 Å². The van der Waals surface area contributed by atoms with Crippen LogP contribution in [0.3, 0.4) is 0 Å². The molecule has 0 spiro atoms. The summed E-state index contributed by atoms with van der Waals surface area (Å²) in [5.41, 5.74) is 0. The van der Waals surface area contributed by atoms with Crippen LogP contribution in [-0.2, 0) is 0 Å². The molecule has 204 valence electrons. The lowest BCUT2D eigenvalue weighted by Gasteiger charge is -1.98. The van der Waals surface area contributed by atoms with Crippen LogP contribution < -0.4 is 0 Å². The van der Waals surface area contributed by atoms with Gasteiger partial charge in [-0.15, -0.1) is 0 Å². The molecule has 0 rings (SSSR count). The third kappa shape index (κ3) is 112. The minimum absolute atomic E-state index is 0.884. The molecule has 0 aliphatic carbocycles. The lowest BCUT2D eigenvalue weighted by Crippen LogP contribution is -1.85.